The summed E-state index contributed by atoms with van der Waals surface area (Å²) in [4.78, 5) is 16.1. The smallest absolute Gasteiger partial charge is 0.252 e. The first-order valence-electron chi connectivity index (χ1n) is 7.05. The van der Waals surface area contributed by atoms with Gasteiger partial charge in [0.25, 0.3) is 5.91 Å². The second-order valence-corrected chi connectivity index (χ2v) is 5.66. The van der Waals surface area contributed by atoms with E-state index in [0.717, 1.165) is 12.8 Å². The van der Waals surface area contributed by atoms with Crippen LogP contribution in [0.5, 0.6) is 0 Å². The Balaban J connectivity index is 2.09. The van der Waals surface area contributed by atoms with Gasteiger partial charge in [-0.15, -0.1) is 0 Å². The molecule has 6 heteroatoms. The van der Waals surface area contributed by atoms with Gasteiger partial charge in [0.2, 0.25) is 0 Å². The third-order valence-electron chi connectivity index (χ3n) is 3.03. The molecule has 2 rings (SSSR count). The second kappa shape index (κ2) is 8.01. The Labute approximate surface area is 139 Å². The quantitative estimate of drug-likeness (QED) is 0.753. The van der Waals surface area contributed by atoms with Crippen LogP contribution in [0.1, 0.15) is 30.1 Å². The van der Waals surface area contributed by atoms with Crippen LogP contribution in [-0.4, -0.2) is 17.4 Å². The number of halogens is 2. The number of aromatic nitrogens is 1. The lowest BCUT2D eigenvalue weighted by molar-refractivity contribution is 0.0953. The third kappa shape index (κ3) is 4.61. The zero-order valence-electron chi connectivity index (χ0n) is 12.2. The van der Waals surface area contributed by atoms with E-state index in [0.29, 0.717) is 33.5 Å². The van der Waals surface area contributed by atoms with Gasteiger partial charge in [0.15, 0.2) is 0 Å². The van der Waals surface area contributed by atoms with Crippen LogP contribution in [0.2, 0.25) is 10.0 Å². The highest BCUT2D eigenvalue weighted by Crippen LogP contribution is 2.28. The van der Waals surface area contributed by atoms with Crippen molar-refractivity contribution >= 4 is 40.5 Å². The maximum absolute atomic E-state index is 12.0. The topological polar surface area (TPSA) is 54.0 Å². The molecule has 0 fully saturated rings. The van der Waals surface area contributed by atoms with Gasteiger partial charge >= 0.3 is 0 Å². The van der Waals surface area contributed by atoms with Crippen LogP contribution in [0.25, 0.3) is 0 Å². The van der Waals surface area contributed by atoms with Gasteiger partial charge in [-0.2, -0.15) is 0 Å². The molecule has 116 valence electrons. The van der Waals surface area contributed by atoms with Crippen LogP contribution in [0, 0.1) is 0 Å². The fourth-order valence-corrected chi connectivity index (χ4v) is 2.32. The maximum atomic E-state index is 12.0. The minimum Gasteiger partial charge on any atom is -0.353 e. The molecule has 0 aliphatic heterocycles. The number of hydrogen-bond acceptors (Lipinski definition) is 3. The molecule has 0 saturated carbocycles. The zero-order valence-corrected chi connectivity index (χ0v) is 13.7. The van der Waals surface area contributed by atoms with E-state index in [-0.39, 0.29) is 5.91 Å². The van der Waals surface area contributed by atoms with Crippen LogP contribution in [0.3, 0.4) is 0 Å². The van der Waals surface area contributed by atoms with Crippen molar-refractivity contribution in [3.8, 4) is 0 Å². The molecule has 0 aliphatic rings. The van der Waals surface area contributed by atoms with Crippen molar-refractivity contribution in [1.82, 2.24) is 10.3 Å². The average Bonchev–Trinajstić information content (AvgIpc) is 2.50. The molecule has 1 aromatic carbocycles. The molecule has 0 aliphatic carbocycles. The van der Waals surface area contributed by atoms with E-state index in [1.54, 1.807) is 30.5 Å². The molecule has 1 aromatic heterocycles. The molecule has 1 amide bonds. The number of unbranched alkanes of at least 4 members (excludes halogenated alkanes) is 1. The highest BCUT2D eigenvalue weighted by molar-refractivity contribution is 6.36. The van der Waals surface area contributed by atoms with Gasteiger partial charge in [0.1, 0.15) is 0 Å². The number of rotatable bonds is 6. The number of hydrogen-bond donors (Lipinski definition) is 2. The van der Waals surface area contributed by atoms with Crippen LogP contribution >= 0.6 is 23.2 Å². The molecule has 22 heavy (non-hydrogen) atoms. The lowest BCUT2D eigenvalue weighted by Crippen LogP contribution is -2.24. The van der Waals surface area contributed by atoms with E-state index in [2.05, 4.69) is 22.5 Å². The summed E-state index contributed by atoms with van der Waals surface area (Å²) in [7, 11) is 0. The van der Waals surface area contributed by atoms with E-state index >= 15 is 0 Å². The normalized spacial score (nSPS) is 10.3. The average molecular weight is 338 g/mol. The molecular weight excluding hydrogens is 321 g/mol. The largest absolute Gasteiger partial charge is 0.353 e. The molecular formula is C16H17Cl2N3O. The van der Waals surface area contributed by atoms with Crippen molar-refractivity contribution in [2.75, 3.05) is 11.9 Å². The summed E-state index contributed by atoms with van der Waals surface area (Å²) < 4.78 is 0. The number of nitrogens with zero attached hydrogens (tertiary/aromatic N) is 1. The van der Waals surface area contributed by atoms with Crippen molar-refractivity contribution in [2.24, 2.45) is 0 Å². The first-order chi connectivity index (χ1) is 10.6. The first kappa shape index (κ1) is 16.6. The number of pyridine rings is 1. The van der Waals surface area contributed by atoms with E-state index in [1.165, 1.54) is 6.20 Å². The Bertz CT molecular complexity index is 662. The van der Waals surface area contributed by atoms with Crippen molar-refractivity contribution in [1.29, 1.82) is 0 Å². The summed E-state index contributed by atoms with van der Waals surface area (Å²) in [6.07, 6.45) is 5.16. The number of anilines is 2. The molecule has 2 aromatic rings. The highest BCUT2D eigenvalue weighted by Gasteiger charge is 2.07. The van der Waals surface area contributed by atoms with E-state index in [1.807, 2.05) is 0 Å². The van der Waals surface area contributed by atoms with Crippen molar-refractivity contribution in [3.63, 3.8) is 0 Å². The van der Waals surface area contributed by atoms with E-state index in [9.17, 15) is 4.79 Å². The fourth-order valence-electron chi connectivity index (χ4n) is 1.86. The van der Waals surface area contributed by atoms with Gasteiger partial charge in [0.05, 0.1) is 28.2 Å². The predicted octanol–water partition coefficient (Wildman–Crippen LogP) is 4.66. The first-order valence-corrected chi connectivity index (χ1v) is 7.81. The zero-order chi connectivity index (χ0) is 15.9. The molecule has 2 N–H and O–H groups in total. The Morgan fingerprint density at radius 3 is 2.77 bits per heavy atom. The van der Waals surface area contributed by atoms with Gasteiger partial charge in [0, 0.05) is 17.8 Å². The molecule has 4 nitrogen and oxygen atoms in total. The molecule has 1 heterocycles. The summed E-state index contributed by atoms with van der Waals surface area (Å²) >= 11 is 12.0. The minimum atomic E-state index is -0.133. The van der Waals surface area contributed by atoms with Gasteiger partial charge in [-0.05, 0) is 30.7 Å². The number of carbonyl (C=O) groups excluding carboxylic acids is 1. The third-order valence-corrected chi connectivity index (χ3v) is 3.57. The number of carbonyl (C=O) groups is 1. The Hall–Kier alpha value is -1.78. The lowest BCUT2D eigenvalue weighted by atomic mass is 10.2. The number of benzene rings is 1. The molecule has 0 saturated heterocycles. The molecule has 0 spiro atoms. The number of amides is 1. The van der Waals surface area contributed by atoms with Crippen LogP contribution in [0.15, 0.2) is 36.7 Å². The summed E-state index contributed by atoms with van der Waals surface area (Å²) in [5, 5.41) is 7.06. The lowest BCUT2D eigenvalue weighted by Gasteiger charge is -2.10. The molecule has 0 atom stereocenters. The summed E-state index contributed by atoms with van der Waals surface area (Å²) in [5.41, 5.74) is 1.90. The summed E-state index contributed by atoms with van der Waals surface area (Å²) in [5.74, 6) is -0.133. The Morgan fingerprint density at radius 2 is 2.05 bits per heavy atom. The van der Waals surface area contributed by atoms with E-state index < -0.39 is 0 Å². The summed E-state index contributed by atoms with van der Waals surface area (Å²) in [6, 6.07) is 6.91. The SMILES string of the molecule is CCCCNC(=O)c1cncc(Nc2ccc(Cl)cc2Cl)c1. The van der Waals surface area contributed by atoms with Crippen molar-refractivity contribution < 1.29 is 4.79 Å². The monoisotopic (exact) mass is 337 g/mol. The van der Waals surface area contributed by atoms with Gasteiger partial charge in [-0.25, -0.2) is 0 Å². The second-order valence-electron chi connectivity index (χ2n) is 4.82. The van der Waals surface area contributed by atoms with Crippen molar-refractivity contribution in [2.45, 2.75) is 19.8 Å². The Morgan fingerprint density at radius 1 is 1.23 bits per heavy atom. The van der Waals surface area contributed by atoms with Gasteiger partial charge in [-0.1, -0.05) is 36.5 Å². The molecule has 0 unspecified atom stereocenters. The molecule has 0 radical (unpaired) electrons. The van der Waals surface area contributed by atoms with Crippen molar-refractivity contribution in [3.05, 3.63) is 52.3 Å². The van der Waals surface area contributed by atoms with Crippen LogP contribution in [-0.2, 0) is 0 Å². The van der Waals surface area contributed by atoms with Crippen LogP contribution in [0.4, 0.5) is 11.4 Å². The maximum Gasteiger partial charge on any atom is 0.252 e. The number of nitrogens with one attached hydrogen (secondary N) is 2. The predicted molar refractivity (Wildman–Crippen MR) is 91.2 cm³/mol. The summed E-state index contributed by atoms with van der Waals surface area (Å²) in [6.45, 7) is 2.74. The molecule has 0 bridgehead atoms. The van der Waals surface area contributed by atoms with Crippen LogP contribution < -0.4 is 10.6 Å². The highest BCUT2D eigenvalue weighted by atomic mass is 35.5. The van der Waals surface area contributed by atoms with E-state index in [4.69, 9.17) is 23.2 Å². The standard InChI is InChI=1S/C16H17Cl2N3O/c1-2-3-6-20-16(22)11-7-13(10-19-9-11)21-15-5-4-12(17)8-14(15)18/h4-5,7-10,21H,2-3,6H2,1H3,(H,20,22). The minimum absolute atomic E-state index is 0.133. The fraction of sp³-hybridized carbons (Fsp3) is 0.250. The Kier molecular flexibility index (Phi) is 6.04. The van der Waals surface area contributed by atoms with Gasteiger partial charge < -0.3 is 10.6 Å². The van der Waals surface area contributed by atoms with Gasteiger partial charge in [-0.3, -0.25) is 9.78 Å².